The number of benzene rings is 2. The molecule has 0 saturated heterocycles. The Labute approximate surface area is 103 Å². The summed E-state index contributed by atoms with van der Waals surface area (Å²) in [5.41, 5.74) is 0.868. The number of nitrogens with one attached hydrogen (secondary N) is 1. The van der Waals surface area contributed by atoms with Crippen LogP contribution in [0.4, 0.5) is 13.2 Å². The summed E-state index contributed by atoms with van der Waals surface area (Å²) in [4.78, 5) is 0. The average molecular weight is 251 g/mol. The number of hydrogen-bond acceptors (Lipinski definition) is 1. The molecule has 1 atom stereocenters. The maximum Gasteiger partial charge on any atom is 0.161 e. The van der Waals surface area contributed by atoms with E-state index in [0.29, 0.717) is 6.07 Å². The molecule has 0 aliphatic carbocycles. The molecule has 0 amide bonds. The largest absolute Gasteiger partial charge is 0.309 e. The summed E-state index contributed by atoms with van der Waals surface area (Å²) in [6.45, 7) is 0. The van der Waals surface area contributed by atoms with Crippen LogP contribution < -0.4 is 5.32 Å². The van der Waals surface area contributed by atoms with Crippen LogP contribution in [0.5, 0.6) is 0 Å². The van der Waals surface area contributed by atoms with Gasteiger partial charge in [-0.3, -0.25) is 0 Å². The lowest BCUT2D eigenvalue weighted by atomic mass is 9.98. The van der Waals surface area contributed by atoms with Gasteiger partial charge in [0.05, 0.1) is 6.04 Å². The zero-order chi connectivity index (χ0) is 13.1. The van der Waals surface area contributed by atoms with E-state index in [4.69, 9.17) is 0 Å². The SMILES string of the molecule is CNC(c1ccccc1)c1cc(F)c(F)cc1F. The predicted molar refractivity (Wildman–Crippen MR) is 63.7 cm³/mol. The smallest absolute Gasteiger partial charge is 0.161 e. The summed E-state index contributed by atoms with van der Waals surface area (Å²) in [6, 6.07) is 9.97. The summed E-state index contributed by atoms with van der Waals surface area (Å²) in [5, 5.41) is 2.89. The van der Waals surface area contributed by atoms with Gasteiger partial charge in [0.15, 0.2) is 11.6 Å². The number of hydrogen-bond donors (Lipinski definition) is 1. The molecule has 0 fully saturated rings. The molecule has 18 heavy (non-hydrogen) atoms. The molecule has 0 aromatic heterocycles. The summed E-state index contributed by atoms with van der Waals surface area (Å²) in [6.07, 6.45) is 0. The summed E-state index contributed by atoms with van der Waals surface area (Å²) < 4.78 is 39.8. The second kappa shape index (κ2) is 5.23. The van der Waals surface area contributed by atoms with Crippen LogP contribution >= 0.6 is 0 Å². The second-order valence-electron chi connectivity index (χ2n) is 3.92. The Bertz CT molecular complexity index is 540. The fourth-order valence-electron chi connectivity index (χ4n) is 1.91. The van der Waals surface area contributed by atoms with Crippen molar-refractivity contribution in [2.45, 2.75) is 6.04 Å². The van der Waals surface area contributed by atoms with Crippen molar-refractivity contribution in [2.24, 2.45) is 0 Å². The van der Waals surface area contributed by atoms with Crippen LogP contribution in [0.15, 0.2) is 42.5 Å². The molecular weight excluding hydrogens is 239 g/mol. The first kappa shape index (κ1) is 12.6. The highest BCUT2D eigenvalue weighted by Crippen LogP contribution is 2.25. The lowest BCUT2D eigenvalue weighted by Gasteiger charge is -2.18. The van der Waals surface area contributed by atoms with Gasteiger partial charge in [-0.1, -0.05) is 30.3 Å². The van der Waals surface area contributed by atoms with Crippen molar-refractivity contribution in [2.75, 3.05) is 7.05 Å². The van der Waals surface area contributed by atoms with E-state index < -0.39 is 23.5 Å². The molecule has 1 unspecified atom stereocenters. The van der Waals surface area contributed by atoms with Crippen LogP contribution in [0.1, 0.15) is 17.2 Å². The third kappa shape index (κ3) is 2.38. The lowest BCUT2D eigenvalue weighted by molar-refractivity contribution is 0.483. The minimum atomic E-state index is -1.18. The third-order valence-corrected chi connectivity index (χ3v) is 2.77. The van der Waals surface area contributed by atoms with Gasteiger partial charge in [-0.25, -0.2) is 13.2 Å². The quantitative estimate of drug-likeness (QED) is 0.824. The zero-order valence-electron chi connectivity index (χ0n) is 9.75. The van der Waals surface area contributed by atoms with E-state index in [1.165, 1.54) is 0 Å². The average Bonchev–Trinajstić information content (AvgIpc) is 2.38. The molecule has 0 spiro atoms. The topological polar surface area (TPSA) is 12.0 Å². The van der Waals surface area contributed by atoms with Crippen molar-refractivity contribution >= 4 is 0 Å². The first-order valence-corrected chi connectivity index (χ1v) is 5.50. The van der Waals surface area contributed by atoms with Crippen LogP contribution in [-0.4, -0.2) is 7.05 Å². The van der Waals surface area contributed by atoms with Gasteiger partial charge in [0.1, 0.15) is 5.82 Å². The molecule has 94 valence electrons. The highest BCUT2D eigenvalue weighted by Gasteiger charge is 2.18. The third-order valence-electron chi connectivity index (χ3n) is 2.77. The maximum atomic E-state index is 13.7. The molecule has 2 rings (SSSR count). The molecule has 0 radical (unpaired) electrons. The summed E-state index contributed by atoms with van der Waals surface area (Å²) in [7, 11) is 1.64. The Morgan fingerprint density at radius 1 is 0.889 bits per heavy atom. The predicted octanol–water partition coefficient (Wildman–Crippen LogP) is 3.41. The van der Waals surface area contributed by atoms with Crippen molar-refractivity contribution in [3.05, 3.63) is 71.0 Å². The van der Waals surface area contributed by atoms with E-state index >= 15 is 0 Å². The van der Waals surface area contributed by atoms with Gasteiger partial charge in [-0.05, 0) is 18.7 Å². The van der Waals surface area contributed by atoms with E-state index in [1.807, 2.05) is 6.07 Å². The summed E-state index contributed by atoms with van der Waals surface area (Å²) in [5.74, 6) is -3.00. The van der Waals surface area contributed by atoms with E-state index in [-0.39, 0.29) is 5.56 Å². The maximum absolute atomic E-state index is 13.7. The van der Waals surface area contributed by atoms with Crippen LogP contribution in [-0.2, 0) is 0 Å². The van der Waals surface area contributed by atoms with E-state index in [1.54, 1.807) is 31.3 Å². The molecule has 0 aliphatic heterocycles. The van der Waals surface area contributed by atoms with Crippen LogP contribution in [0.3, 0.4) is 0 Å². The lowest BCUT2D eigenvalue weighted by Crippen LogP contribution is -2.19. The fourth-order valence-corrected chi connectivity index (χ4v) is 1.91. The Hall–Kier alpha value is -1.81. The van der Waals surface area contributed by atoms with Crippen molar-refractivity contribution in [3.8, 4) is 0 Å². The van der Waals surface area contributed by atoms with Crippen molar-refractivity contribution in [3.63, 3.8) is 0 Å². The monoisotopic (exact) mass is 251 g/mol. The fraction of sp³-hybridized carbons (Fsp3) is 0.143. The van der Waals surface area contributed by atoms with Crippen LogP contribution in [0.25, 0.3) is 0 Å². The van der Waals surface area contributed by atoms with Gasteiger partial charge in [0.2, 0.25) is 0 Å². The molecule has 0 heterocycles. The summed E-state index contributed by atoms with van der Waals surface area (Å²) >= 11 is 0. The van der Waals surface area contributed by atoms with Crippen LogP contribution in [0, 0.1) is 17.5 Å². The molecule has 1 N–H and O–H groups in total. The Morgan fingerprint density at radius 2 is 1.50 bits per heavy atom. The van der Waals surface area contributed by atoms with Gasteiger partial charge in [0, 0.05) is 11.6 Å². The van der Waals surface area contributed by atoms with E-state index in [2.05, 4.69) is 5.32 Å². The van der Waals surface area contributed by atoms with Crippen molar-refractivity contribution in [1.82, 2.24) is 5.32 Å². The van der Waals surface area contributed by atoms with Gasteiger partial charge in [0.25, 0.3) is 0 Å². The number of halogens is 3. The van der Waals surface area contributed by atoms with Gasteiger partial charge in [-0.15, -0.1) is 0 Å². The Kier molecular flexibility index (Phi) is 3.67. The van der Waals surface area contributed by atoms with Crippen molar-refractivity contribution < 1.29 is 13.2 Å². The standard InChI is InChI=1S/C14H12F3N/c1-18-14(9-5-3-2-4-6-9)10-7-12(16)13(17)8-11(10)15/h2-8,14,18H,1H3. The zero-order valence-corrected chi connectivity index (χ0v) is 9.75. The normalized spacial score (nSPS) is 12.4. The second-order valence-corrected chi connectivity index (χ2v) is 3.92. The van der Waals surface area contributed by atoms with E-state index in [9.17, 15) is 13.2 Å². The molecule has 0 aliphatic rings. The molecule has 4 heteroatoms. The Morgan fingerprint density at radius 3 is 2.11 bits per heavy atom. The highest BCUT2D eigenvalue weighted by atomic mass is 19.2. The molecule has 0 saturated carbocycles. The molecule has 2 aromatic rings. The number of rotatable bonds is 3. The molecule has 0 bridgehead atoms. The van der Waals surface area contributed by atoms with Crippen LogP contribution in [0.2, 0.25) is 0 Å². The first-order chi connectivity index (χ1) is 8.63. The van der Waals surface area contributed by atoms with Gasteiger partial charge in [-0.2, -0.15) is 0 Å². The highest BCUT2D eigenvalue weighted by molar-refractivity contribution is 5.33. The molecule has 1 nitrogen and oxygen atoms in total. The van der Waals surface area contributed by atoms with E-state index in [0.717, 1.165) is 11.6 Å². The minimum Gasteiger partial charge on any atom is -0.309 e. The van der Waals surface area contributed by atoms with Gasteiger partial charge >= 0.3 is 0 Å². The Balaban J connectivity index is 2.49. The minimum absolute atomic E-state index is 0.0857. The first-order valence-electron chi connectivity index (χ1n) is 5.50. The molecule has 2 aromatic carbocycles. The molecular formula is C14H12F3N. The van der Waals surface area contributed by atoms with Crippen molar-refractivity contribution in [1.29, 1.82) is 0 Å². The van der Waals surface area contributed by atoms with Gasteiger partial charge < -0.3 is 5.32 Å².